The average molecular weight is 144 g/mol. The molecule has 1 heterocycles. The molecule has 1 rings (SSSR count). The first kappa shape index (κ1) is 7.98. The van der Waals surface area contributed by atoms with E-state index in [0.29, 0.717) is 12.5 Å². The highest BCUT2D eigenvalue weighted by molar-refractivity contribution is 4.78. The van der Waals surface area contributed by atoms with Gasteiger partial charge in [0.15, 0.2) is 0 Å². The largest absolute Gasteiger partial charge is 0.391 e. The second-order valence-electron chi connectivity index (χ2n) is 3.11. The maximum Gasteiger partial charge on any atom is 0.0707 e. The molecule has 60 valence electrons. The third-order valence-corrected chi connectivity index (χ3v) is 2.23. The van der Waals surface area contributed by atoms with E-state index in [1.54, 1.807) is 0 Å². The number of likely N-dealkylation sites (N-methyl/N-ethyl adjacent to an activating group) is 1. The fraction of sp³-hybridized carbons (Fsp3) is 1.00. The number of hydrogen-bond donors (Lipinski definition) is 2. The number of nitrogens with two attached hydrogens (primary N) is 1. The summed E-state index contributed by atoms with van der Waals surface area (Å²) >= 11 is 0. The summed E-state index contributed by atoms with van der Waals surface area (Å²) in [6.07, 6.45) is 0.831. The maximum absolute atomic E-state index is 9.42. The summed E-state index contributed by atoms with van der Waals surface area (Å²) in [5, 5.41) is 9.42. The Morgan fingerprint density at radius 3 is 2.90 bits per heavy atom. The minimum Gasteiger partial charge on any atom is -0.391 e. The number of aliphatic hydroxyl groups excluding tert-OH is 1. The number of β-amino-alcohol motifs (C(OH)–C–C–N with tert-alkyl or cyclic N) is 1. The molecule has 1 aliphatic heterocycles. The van der Waals surface area contributed by atoms with E-state index in [1.807, 2.05) is 7.05 Å². The van der Waals surface area contributed by atoms with Crippen molar-refractivity contribution in [3.8, 4) is 0 Å². The van der Waals surface area contributed by atoms with Crippen molar-refractivity contribution in [2.75, 3.05) is 26.7 Å². The van der Waals surface area contributed by atoms with Gasteiger partial charge in [-0.05, 0) is 32.5 Å². The van der Waals surface area contributed by atoms with Crippen molar-refractivity contribution in [3.63, 3.8) is 0 Å². The van der Waals surface area contributed by atoms with Crippen LogP contribution in [0, 0.1) is 5.92 Å². The standard InChI is InChI=1S/C7H16N2O/c1-9-3-2-6(4-8)7(10)5-9/h6-7,10H,2-5,8H2,1H3/t6-,7+/m1/s1. The summed E-state index contributed by atoms with van der Waals surface area (Å²) in [5.41, 5.74) is 5.46. The Morgan fingerprint density at radius 2 is 2.40 bits per heavy atom. The molecule has 0 aromatic rings. The Balaban J connectivity index is 2.36. The maximum atomic E-state index is 9.42. The second kappa shape index (κ2) is 3.32. The summed E-state index contributed by atoms with van der Waals surface area (Å²) in [7, 11) is 2.02. The summed E-state index contributed by atoms with van der Waals surface area (Å²) in [6, 6.07) is 0. The zero-order valence-corrected chi connectivity index (χ0v) is 6.45. The second-order valence-corrected chi connectivity index (χ2v) is 3.11. The van der Waals surface area contributed by atoms with Crippen LogP contribution in [0.4, 0.5) is 0 Å². The third kappa shape index (κ3) is 1.68. The van der Waals surface area contributed by atoms with Crippen molar-refractivity contribution in [3.05, 3.63) is 0 Å². The van der Waals surface area contributed by atoms with Crippen LogP contribution in [-0.2, 0) is 0 Å². The van der Waals surface area contributed by atoms with Crippen LogP contribution in [0.15, 0.2) is 0 Å². The van der Waals surface area contributed by atoms with Gasteiger partial charge in [-0.25, -0.2) is 0 Å². The molecule has 3 N–H and O–H groups in total. The van der Waals surface area contributed by atoms with Gasteiger partial charge in [0.05, 0.1) is 6.10 Å². The molecule has 0 radical (unpaired) electrons. The van der Waals surface area contributed by atoms with Gasteiger partial charge in [0.25, 0.3) is 0 Å². The van der Waals surface area contributed by atoms with Gasteiger partial charge < -0.3 is 15.7 Å². The molecular weight excluding hydrogens is 128 g/mol. The van der Waals surface area contributed by atoms with Crippen molar-refractivity contribution >= 4 is 0 Å². The number of piperidine rings is 1. The molecule has 0 aromatic heterocycles. The molecule has 1 saturated heterocycles. The monoisotopic (exact) mass is 144 g/mol. The zero-order valence-electron chi connectivity index (χ0n) is 6.45. The Kier molecular flexibility index (Phi) is 2.65. The molecule has 0 aliphatic carbocycles. The van der Waals surface area contributed by atoms with Gasteiger partial charge in [0.2, 0.25) is 0 Å². The van der Waals surface area contributed by atoms with E-state index in [-0.39, 0.29) is 6.10 Å². The van der Waals surface area contributed by atoms with Crippen LogP contribution in [0.1, 0.15) is 6.42 Å². The lowest BCUT2D eigenvalue weighted by atomic mass is 9.94. The molecule has 1 aliphatic rings. The van der Waals surface area contributed by atoms with Gasteiger partial charge in [-0.15, -0.1) is 0 Å². The Hall–Kier alpha value is -0.120. The Morgan fingerprint density at radius 1 is 1.70 bits per heavy atom. The number of aliphatic hydroxyl groups is 1. The summed E-state index contributed by atoms with van der Waals surface area (Å²) in [5.74, 6) is 0.330. The van der Waals surface area contributed by atoms with Crippen molar-refractivity contribution < 1.29 is 5.11 Å². The molecule has 1 fully saturated rings. The molecular formula is C7H16N2O. The van der Waals surface area contributed by atoms with Crippen LogP contribution in [0.3, 0.4) is 0 Å². The van der Waals surface area contributed by atoms with E-state index in [0.717, 1.165) is 19.5 Å². The van der Waals surface area contributed by atoms with Gasteiger partial charge in [0, 0.05) is 6.54 Å². The van der Waals surface area contributed by atoms with Crippen molar-refractivity contribution in [2.24, 2.45) is 11.7 Å². The van der Waals surface area contributed by atoms with Crippen LogP contribution in [-0.4, -0.2) is 42.8 Å². The fourth-order valence-corrected chi connectivity index (χ4v) is 1.41. The van der Waals surface area contributed by atoms with Gasteiger partial charge in [-0.1, -0.05) is 0 Å². The topological polar surface area (TPSA) is 49.5 Å². The minimum atomic E-state index is -0.205. The highest BCUT2D eigenvalue weighted by Gasteiger charge is 2.23. The Bertz CT molecular complexity index is 108. The lowest BCUT2D eigenvalue weighted by Gasteiger charge is -2.32. The van der Waals surface area contributed by atoms with Crippen molar-refractivity contribution in [2.45, 2.75) is 12.5 Å². The quantitative estimate of drug-likeness (QED) is 0.509. The third-order valence-electron chi connectivity index (χ3n) is 2.23. The van der Waals surface area contributed by atoms with E-state index in [9.17, 15) is 5.11 Å². The van der Waals surface area contributed by atoms with Gasteiger partial charge in [-0.3, -0.25) is 0 Å². The summed E-state index contributed by atoms with van der Waals surface area (Å²) in [4.78, 5) is 2.14. The fourth-order valence-electron chi connectivity index (χ4n) is 1.41. The van der Waals surface area contributed by atoms with E-state index in [1.165, 1.54) is 0 Å². The normalized spacial score (nSPS) is 36.3. The van der Waals surface area contributed by atoms with Crippen molar-refractivity contribution in [1.82, 2.24) is 4.90 Å². The zero-order chi connectivity index (χ0) is 7.56. The molecule has 0 amide bonds. The van der Waals surface area contributed by atoms with Crippen LogP contribution < -0.4 is 5.73 Å². The summed E-state index contributed by atoms with van der Waals surface area (Å²) in [6.45, 7) is 2.47. The van der Waals surface area contributed by atoms with Gasteiger partial charge in [0.1, 0.15) is 0 Å². The van der Waals surface area contributed by atoms with E-state index in [2.05, 4.69) is 4.90 Å². The SMILES string of the molecule is CN1CC[C@H](CN)[C@@H](O)C1. The molecule has 0 unspecified atom stereocenters. The van der Waals surface area contributed by atoms with E-state index < -0.39 is 0 Å². The minimum absolute atomic E-state index is 0.205. The highest BCUT2D eigenvalue weighted by Crippen LogP contribution is 2.14. The number of rotatable bonds is 1. The predicted molar refractivity (Wildman–Crippen MR) is 40.7 cm³/mol. The summed E-state index contributed by atoms with van der Waals surface area (Å²) < 4.78 is 0. The van der Waals surface area contributed by atoms with Crippen molar-refractivity contribution in [1.29, 1.82) is 0 Å². The van der Waals surface area contributed by atoms with Gasteiger partial charge in [-0.2, -0.15) is 0 Å². The molecule has 2 atom stereocenters. The Labute approximate surface area is 61.8 Å². The van der Waals surface area contributed by atoms with E-state index in [4.69, 9.17) is 5.73 Å². The first-order valence-electron chi connectivity index (χ1n) is 3.80. The molecule has 3 heteroatoms. The van der Waals surface area contributed by atoms with Gasteiger partial charge >= 0.3 is 0 Å². The van der Waals surface area contributed by atoms with Crippen LogP contribution in [0.5, 0.6) is 0 Å². The number of hydrogen-bond acceptors (Lipinski definition) is 3. The smallest absolute Gasteiger partial charge is 0.0707 e. The molecule has 0 bridgehead atoms. The lowest BCUT2D eigenvalue weighted by molar-refractivity contribution is 0.0363. The number of likely N-dealkylation sites (tertiary alicyclic amines) is 1. The van der Waals surface area contributed by atoms with Crippen LogP contribution in [0.25, 0.3) is 0 Å². The highest BCUT2D eigenvalue weighted by atomic mass is 16.3. The first-order chi connectivity index (χ1) is 4.74. The molecule has 0 aromatic carbocycles. The predicted octanol–water partition coefficient (Wildman–Crippen LogP) is -0.742. The van der Waals surface area contributed by atoms with Crippen LogP contribution in [0.2, 0.25) is 0 Å². The molecule has 0 spiro atoms. The first-order valence-corrected chi connectivity index (χ1v) is 3.80. The average Bonchev–Trinajstić information content (AvgIpc) is 1.88. The lowest BCUT2D eigenvalue weighted by Crippen LogP contribution is -2.44. The molecule has 3 nitrogen and oxygen atoms in total. The number of nitrogens with zero attached hydrogens (tertiary/aromatic N) is 1. The molecule has 0 saturated carbocycles. The molecule has 10 heavy (non-hydrogen) atoms. The van der Waals surface area contributed by atoms with Crippen LogP contribution >= 0.6 is 0 Å². The van der Waals surface area contributed by atoms with E-state index >= 15 is 0 Å².